The lowest BCUT2D eigenvalue weighted by molar-refractivity contribution is -0.123. The standard InChI is InChI=1S/C15H27N3O3/c1-11-14(12(2)18(5)17-11)21-9-13(20)16-8-6-7-15(3,4)10-19/h19H,6-10H2,1-5H3,(H,16,20). The summed E-state index contributed by atoms with van der Waals surface area (Å²) in [6, 6.07) is 0. The van der Waals surface area contributed by atoms with Crippen molar-refractivity contribution in [1.29, 1.82) is 0 Å². The first-order chi connectivity index (χ1) is 9.76. The van der Waals surface area contributed by atoms with Crippen molar-refractivity contribution in [2.24, 2.45) is 12.5 Å². The van der Waals surface area contributed by atoms with E-state index in [2.05, 4.69) is 10.4 Å². The lowest BCUT2D eigenvalue weighted by atomic mass is 9.89. The number of ether oxygens (including phenoxy) is 1. The van der Waals surface area contributed by atoms with Gasteiger partial charge >= 0.3 is 0 Å². The molecular formula is C15H27N3O3. The molecule has 0 aliphatic carbocycles. The van der Waals surface area contributed by atoms with Gasteiger partial charge in [-0.3, -0.25) is 9.48 Å². The maximum Gasteiger partial charge on any atom is 0.257 e. The van der Waals surface area contributed by atoms with E-state index in [-0.39, 0.29) is 24.5 Å². The summed E-state index contributed by atoms with van der Waals surface area (Å²) in [5, 5.41) is 16.2. The van der Waals surface area contributed by atoms with Crippen LogP contribution >= 0.6 is 0 Å². The van der Waals surface area contributed by atoms with Gasteiger partial charge in [0.25, 0.3) is 5.91 Å². The fraction of sp³-hybridized carbons (Fsp3) is 0.733. The summed E-state index contributed by atoms with van der Waals surface area (Å²) in [4.78, 5) is 11.7. The number of carbonyl (C=O) groups is 1. The lowest BCUT2D eigenvalue weighted by Crippen LogP contribution is -2.30. The third kappa shape index (κ3) is 5.38. The Hall–Kier alpha value is -1.56. The quantitative estimate of drug-likeness (QED) is 0.710. The van der Waals surface area contributed by atoms with Gasteiger partial charge in [-0.05, 0) is 32.1 Å². The molecule has 6 nitrogen and oxygen atoms in total. The number of aliphatic hydroxyl groups is 1. The predicted molar refractivity (Wildman–Crippen MR) is 81.3 cm³/mol. The van der Waals surface area contributed by atoms with Crippen molar-refractivity contribution in [3.63, 3.8) is 0 Å². The highest BCUT2D eigenvalue weighted by Gasteiger charge is 2.16. The number of hydrogen-bond acceptors (Lipinski definition) is 4. The monoisotopic (exact) mass is 297 g/mol. The molecule has 0 bridgehead atoms. The Morgan fingerprint density at radius 3 is 2.62 bits per heavy atom. The number of nitrogens with one attached hydrogen (secondary N) is 1. The molecule has 0 radical (unpaired) electrons. The summed E-state index contributed by atoms with van der Waals surface area (Å²) in [6.07, 6.45) is 1.70. The molecule has 0 saturated heterocycles. The smallest absolute Gasteiger partial charge is 0.257 e. The largest absolute Gasteiger partial charge is 0.480 e. The van der Waals surface area contributed by atoms with Crippen molar-refractivity contribution in [3.05, 3.63) is 11.4 Å². The predicted octanol–water partition coefficient (Wildman–Crippen LogP) is 1.33. The second kappa shape index (κ2) is 7.45. The van der Waals surface area contributed by atoms with Crippen LogP contribution in [0.25, 0.3) is 0 Å². The molecule has 2 N–H and O–H groups in total. The number of aromatic nitrogens is 2. The molecule has 0 aliphatic heterocycles. The topological polar surface area (TPSA) is 76.4 Å². The van der Waals surface area contributed by atoms with Crippen LogP contribution in [0, 0.1) is 19.3 Å². The van der Waals surface area contributed by atoms with Crippen molar-refractivity contribution < 1.29 is 14.6 Å². The minimum atomic E-state index is -0.139. The molecule has 0 spiro atoms. The Labute approximate surface area is 126 Å². The van der Waals surface area contributed by atoms with Crippen LogP contribution in [0.1, 0.15) is 38.1 Å². The maximum atomic E-state index is 11.7. The van der Waals surface area contributed by atoms with E-state index in [1.807, 2.05) is 34.7 Å². The average molecular weight is 297 g/mol. The van der Waals surface area contributed by atoms with E-state index in [1.165, 1.54) is 0 Å². The minimum Gasteiger partial charge on any atom is -0.480 e. The first kappa shape index (κ1) is 17.5. The molecule has 6 heteroatoms. The van der Waals surface area contributed by atoms with Gasteiger partial charge in [0.1, 0.15) is 5.69 Å². The Morgan fingerprint density at radius 2 is 2.10 bits per heavy atom. The van der Waals surface area contributed by atoms with Crippen LogP contribution in [0.15, 0.2) is 0 Å². The Morgan fingerprint density at radius 1 is 1.43 bits per heavy atom. The number of rotatable bonds is 8. The molecule has 1 heterocycles. The summed E-state index contributed by atoms with van der Waals surface area (Å²) in [7, 11) is 1.85. The molecule has 1 rings (SSSR count). The second-order valence-electron chi connectivity index (χ2n) is 6.19. The fourth-order valence-corrected chi connectivity index (χ4v) is 2.03. The zero-order valence-corrected chi connectivity index (χ0v) is 13.7. The van der Waals surface area contributed by atoms with Crippen LogP contribution in [0.2, 0.25) is 0 Å². The van der Waals surface area contributed by atoms with E-state index in [1.54, 1.807) is 4.68 Å². The Balaban J connectivity index is 2.29. The fourth-order valence-electron chi connectivity index (χ4n) is 2.03. The third-order valence-electron chi connectivity index (χ3n) is 3.57. The summed E-state index contributed by atoms with van der Waals surface area (Å²) in [6.45, 7) is 8.52. The molecule has 21 heavy (non-hydrogen) atoms. The van der Waals surface area contributed by atoms with Crippen LogP contribution in [-0.4, -0.2) is 40.6 Å². The van der Waals surface area contributed by atoms with Crippen molar-refractivity contribution in [3.8, 4) is 5.75 Å². The normalized spacial score (nSPS) is 11.5. The van der Waals surface area contributed by atoms with E-state index < -0.39 is 0 Å². The van der Waals surface area contributed by atoms with Crippen LogP contribution < -0.4 is 10.1 Å². The molecule has 120 valence electrons. The third-order valence-corrected chi connectivity index (χ3v) is 3.57. The van der Waals surface area contributed by atoms with Gasteiger partial charge in [0.2, 0.25) is 0 Å². The van der Waals surface area contributed by atoms with Crippen molar-refractivity contribution in [1.82, 2.24) is 15.1 Å². The zero-order valence-electron chi connectivity index (χ0n) is 13.7. The van der Waals surface area contributed by atoms with Crippen LogP contribution in [0.4, 0.5) is 0 Å². The highest BCUT2D eigenvalue weighted by atomic mass is 16.5. The van der Waals surface area contributed by atoms with Gasteiger partial charge in [0.15, 0.2) is 12.4 Å². The van der Waals surface area contributed by atoms with E-state index in [4.69, 9.17) is 9.84 Å². The van der Waals surface area contributed by atoms with Gasteiger partial charge < -0.3 is 15.2 Å². The van der Waals surface area contributed by atoms with Crippen LogP contribution in [0.5, 0.6) is 5.75 Å². The van der Waals surface area contributed by atoms with Crippen LogP contribution in [0.3, 0.4) is 0 Å². The number of nitrogens with zero attached hydrogens (tertiary/aromatic N) is 2. The van der Waals surface area contributed by atoms with Gasteiger partial charge in [0, 0.05) is 20.2 Å². The van der Waals surface area contributed by atoms with E-state index in [9.17, 15) is 4.79 Å². The first-order valence-corrected chi connectivity index (χ1v) is 7.27. The SMILES string of the molecule is Cc1nn(C)c(C)c1OCC(=O)NCCCC(C)(C)CO. The van der Waals surface area contributed by atoms with E-state index in [0.29, 0.717) is 12.3 Å². The summed E-state index contributed by atoms with van der Waals surface area (Å²) in [5.74, 6) is 0.536. The average Bonchev–Trinajstić information content (AvgIpc) is 2.66. The first-order valence-electron chi connectivity index (χ1n) is 7.27. The second-order valence-corrected chi connectivity index (χ2v) is 6.19. The number of aryl methyl sites for hydroxylation is 2. The molecule has 0 atom stereocenters. The summed E-state index contributed by atoms with van der Waals surface area (Å²) in [5.41, 5.74) is 1.60. The molecule has 0 fully saturated rings. The minimum absolute atomic E-state index is 0.00321. The summed E-state index contributed by atoms with van der Waals surface area (Å²) < 4.78 is 7.27. The van der Waals surface area contributed by atoms with E-state index >= 15 is 0 Å². The molecule has 1 amide bonds. The molecule has 0 aliphatic rings. The molecule has 0 unspecified atom stereocenters. The number of carbonyl (C=O) groups excluding carboxylic acids is 1. The van der Waals surface area contributed by atoms with Crippen molar-refractivity contribution in [2.45, 2.75) is 40.5 Å². The maximum absolute atomic E-state index is 11.7. The Kier molecular flexibility index (Phi) is 6.20. The molecule has 1 aromatic heterocycles. The van der Waals surface area contributed by atoms with Gasteiger partial charge in [-0.15, -0.1) is 0 Å². The number of aliphatic hydroxyl groups excluding tert-OH is 1. The highest BCUT2D eigenvalue weighted by molar-refractivity contribution is 5.77. The van der Waals surface area contributed by atoms with Gasteiger partial charge in [0.05, 0.1) is 5.69 Å². The number of amides is 1. The molecule has 0 saturated carbocycles. The summed E-state index contributed by atoms with van der Waals surface area (Å²) >= 11 is 0. The Bertz CT molecular complexity index is 481. The van der Waals surface area contributed by atoms with Crippen molar-refractivity contribution >= 4 is 5.91 Å². The molecular weight excluding hydrogens is 270 g/mol. The number of hydrogen-bond donors (Lipinski definition) is 2. The van der Waals surface area contributed by atoms with E-state index in [0.717, 1.165) is 24.2 Å². The van der Waals surface area contributed by atoms with Gasteiger partial charge in [-0.2, -0.15) is 5.10 Å². The van der Waals surface area contributed by atoms with Crippen molar-refractivity contribution in [2.75, 3.05) is 19.8 Å². The lowest BCUT2D eigenvalue weighted by Gasteiger charge is -2.21. The van der Waals surface area contributed by atoms with Crippen LogP contribution in [-0.2, 0) is 11.8 Å². The highest BCUT2D eigenvalue weighted by Crippen LogP contribution is 2.21. The molecule has 0 aromatic carbocycles. The molecule has 1 aromatic rings. The zero-order chi connectivity index (χ0) is 16.0. The van der Waals surface area contributed by atoms with Gasteiger partial charge in [-0.25, -0.2) is 0 Å². The van der Waals surface area contributed by atoms with Gasteiger partial charge in [-0.1, -0.05) is 13.8 Å².